The smallest absolute Gasteiger partial charge is 0.0196 e. The summed E-state index contributed by atoms with van der Waals surface area (Å²) in [6.07, 6.45) is 22.1. The zero-order chi connectivity index (χ0) is 17.1. The first-order chi connectivity index (χ1) is 12.1. The molecule has 10 unspecified atom stereocenters. The molecular formula is C25H36. The Morgan fingerprint density at radius 2 is 1.12 bits per heavy atom. The first kappa shape index (κ1) is 16.4. The average Bonchev–Trinajstić information content (AvgIpc) is 3.37. The lowest BCUT2D eigenvalue weighted by atomic mass is 10.1. The number of allylic oxidation sites excluding steroid dienone is 6. The van der Waals surface area contributed by atoms with Crippen molar-refractivity contribution in [2.45, 2.75) is 52.9 Å². The van der Waals surface area contributed by atoms with E-state index >= 15 is 0 Å². The van der Waals surface area contributed by atoms with Gasteiger partial charge >= 0.3 is 0 Å². The molecule has 0 amide bonds. The summed E-state index contributed by atoms with van der Waals surface area (Å²) in [6.45, 7) is 6.89. The second-order valence-electron chi connectivity index (χ2n) is 10.5. The second kappa shape index (κ2) is 6.14. The standard InChI is InChI=1S/C25H36/c1-15(2)6-4-5-7-18-11-20(18)22-13-24(22)25-14-23(25)21-12-19(21)9-8-17-10-16(17)3/h4-9,15-25H,10-14H2,1-3H3/b6-4+,7-5+,9-8+. The van der Waals surface area contributed by atoms with E-state index in [4.69, 9.17) is 0 Å². The van der Waals surface area contributed by atoms with Gasteiger partial charge < -0.3 is 0 Å². The predicted molar refractivity (Wildman–Crippen MR) is 106 cm³/mol. The van der Waals surface area contributed by atoms with E-state index in [2.05, 4.69) is 57.2 Å². The van der Waals surface area contributed by atoms with Crippen LogP contribution in [0.15, 0.2) is 36.5 Å². The van der Waals surface area contributed by atoms with Crippen molar-refractivity contribution >= 4 is 0 Å². The topological polar surface area (TPSA) is 0 Å². The molecule has 136 valence electrons. The molecule has 0 aliphatic heterocycles. The van der Waals surface area contributed by atoms with Gasteiger partial charge in [0, 0.05) is 0 Å². The van der Waals surface area contributed by atoms with E-state index in [1.165, 1.54) is 19.3 Å². The largest absolute Gasteiger partial charge is 0.0849 e. The van der Waals surface area contributed by atoms with Crippen molar-refractivity contribution in [2.75, 3.05) is 0 Å². The van der Waals surface area contributed by atoms with Crippen LogP contribution in [0.5, 0.6) is 0 Å². The van der Waals surface area contributed by atoms with Crippen LogP contribution < -0.4 is 0 Å². The molecule has 0 heterocycles. The van der Waals surface area contributed by atoms with Gasteiger partial charge in [0.15, 0.2) is 0 Å². The molecule has 0 N–H and O–H groups in total. The Kier molecular flexibility index (Phi) is 4.03. The summed E-state index contributed by atoms with van der Waals surface area (Å²) in [5.74, 6) is 11.1. The Morgan fingerprint density at radius 3 is 1.68 bits per heavy atom. The van der Waals surface area contributed by atoms with Gasteiger partial charge in [-0.2, -0.15) is 0 Å². The van der Waals surface area contributed by atoms with Crippen LogP contribution in [0.4, 0.5) is 0 Å². The molecule has 0 aromatic carbocycles. The molecule has 0 aromatic heterocycles. The van der Waals surface area contributed by atoms with Crippen molar-refractivity contribution in [3.05, 3.63) is 36.5 Å². The lowest BCUT2D eigenvalue weighted by molar-refractivity contribution is 0.508. The third kappa shape index (κ3) is 3.69. The van der Waals surface area contributed by atoms with E-state index in [1.54, 1.807) is 12.8 Å². The van der Waals surface area contributed by atoms with E-state index in [1.807, 2.05) is 0 Å². The molecule has 10 atom stereocenters. The van der Waals surface area contributed by atoms with Gasteiger partial charge in [0.2, 0.25) is 0 Å². The minimum Gasteiger partial charge on any atom is -0.0849 e. The van der Waals surface area contributed by atoms with Crippen LogP contribution in [0.2, 0.25) is 0 Å². The quantitative estimate of drug-likeness (QED) is 0.350. The Labute approximate surface area is 154 Å². The molecule has 0 heteroatoms. The first-order valence-electron chi connectivity index (χ1n) is 11.1. The van der Waals surface area contributed by atoms with Crippen molar-refractivity contribution in [1.29, 1.82) is 0 Å². The molecule has 0 spiro atoms. The van der Waals surface area contributed by atoms with E-state index < -0.39 is 0 Å². The highest BCUT2D eigenvalue weighted by Gasteiger charge is 2.63. The SMILES string of the molecule is CC(C)/C=C/C=C/C1CC1C1CC1C1CC1C1CC1/C=C/C1CC1C. The van der Waals surface area contributed by atoms with Gasteiger partial charge in [-0.15, -0.1) is 0 Å². The molecule has 0 bridgehead atoms. The summed E-state index contributed by atoms with van der Waals surface area (Å²) in [6, 6.07) is 0. The fraction of sp³-hybridized carbons (Fsp3) is 0.760. The molecule has 0 saturated heterocycles. The van der Waals surface area contributed by atoms with E-state index in [-0.39, 0.29) is 0 Å². The summed E-state index contributed by atoms with van der Waals surface area (Å²) >= 11 is 0. The average molecular weight is 337 g/mol. The molecule has 0 radical (unpaired) electrons. The van der Waals surface area contributed by atoms with Crippen molar-refractivity contribution in [2.24, 2.45) is 65.1 Å². The van der Waals surface area contributed by atoms with Crippen molar-refractivity contribution in [3.63, 3.8) is 0 Å². The minimum atomic E-state index is 0.674. The third-order valence-electron chi connectivity index (χ3n) is 7.96. The maximum atomic E-state index is 2.60. The van der Waals surface area contributed by atoms with Crippen LogP contribution in [0.3, 0.4) is 0 Å². The summed E-state index contributed by atoms with van der Waals surface area (Å²) in [5, 5.41) is 0. The molecule has 5 rings (SSSR count). The number of rotatable bonds is 8. The lowest BCUT2D eigenvalue weighted by Gasteiger charge is -1.98. The van der Waals surface area contributed by atoms with Crippen LogP contribution in [-0.4, -0.2) is 0 Å². The number of hydrogen-bond donors (Lipinski definition) is 0. The van der Waals surface area contributed by atoms with Gasteiger partial charge in [-0.3, -0.25) is 0 Å². The zero-order valence-electron chi connectivity index (χ0n) is 16.4. The monoisotopic (exact) mass is 336 g/mol. The Bertz CT molecular complexity index is 593. The highest BCUT2D eigenvalue weighted by atomic mass is 14.7. The van der Waals surface area contributed by atoms with E-state index in [0.717, 1.165) is 59.2 Å². The Morgan fingerprint density at radius 1 is 0.600 bits per heavy atom. The zero-order valence-corrected chi connectivity index (χ0v) is 16.4. The van der Waals surface area contributed by atoms with Crippen LogP contribution in [0.25, 0.3) is 0 Å². The normalized spacial score (nSPS) is 53.3. The Balaban J connectivity index is 1.02. The lowest BCUT2D eigenvalue weighted by Crippen LogP contribution is -1.94. The molecule has 5 aliphatic carbocycles. The van der Waals surface area contributed by atoms with Gasteiger partial charge in [-0.1, -0.05) is 57.2 Å². The summed E-state index contributed by atoms with van der Waals surface area (Å²) in [5.41, 5.74) is 0. The highest BCUT2D eigenvalue weighted by molar-refractivity contribution is 5.18. The van der Waals surface area contributed by atoms with Gasteiger partial charge in [-0.25, -0.2) is 0 Å². The molecule has 0 nitrogen and oxygen atoms in total. The predicted octanol–water partition coefficient (Wildman–Crippen LogP) is 6.51. The molecule has 5 fully saturated rings. The summed E-state index contributed by atoms with van der Waals surface area (Å²) < 4.78 is 0. The van der Waals surface area contributed by atoms with Crippen molar-refractivity contribution in [3.8, 4) is 0 Å². The molecule has 25 heavy (non-hydrogen) atoms. The van der Waals surface area contributed by atoms with Crippen LogP contribution in [0.1, 0.15) is 52.9 Å². The Hall–Kier alpha value is -0.780. The second-order valence-corrected chi connectivity index (χ2v) is 10.5. The van der Waals surface area contributed by atoms with Crippen LogP contribution in [-0.2, 0) is 0 Å². The van der Waals surface area contributed by atoms with Crippen molar-refractivity contribution < 1.29 is 0 Å². The van der Waals surface area contributed by atoms with Crippen molar-refractivity contribution in [1.82, 2.24) is 0 Å². The third-order valence-corrected chi connectivity index (χ3v) is 7.96. The summed E-state index contributed by atoms with van der Waals surface area (Å²) in [4.78, 5) is 0. The first-order valence-corrected chi connectivity index (χ1v) is 11.1. The maximum Gasteiger partial charge on any atom is -0.0196 e. The molecular weight excluding hydrogens is 300 g/mol. The number of hydrogen-bond acceptors (Lipinski definition) is 0. The fourth-order valence-corrected chi connectivity index (χ4v) is 5.74. The minimum absolute atomic E-state index is 0.674. The fourth-order valence-electron chi connectivity index (χ4n) is 5.74. The highest BCUT2D eigenvalue weighted by Crippen LogP contribution is 2.70. The van der Waals surface area contributed by atoms with E-state index in [0.29, 0.717) is 5.92 Å². The summed E-state index contributed by atoms with van der Waals surface area (Å²) in [7, 11) is 0. The van der Waals surface area contributed by atoms with Gasteiger partial charge in [-0.05, 0) is 97.2 Å². The van der Waals surface area contributed by atoms with Gasteiger partial charge in [0.05, 0.1) is 0 Å². The van der Waals surface area contributed by atoms with Crippen LogP contribution in [0, 0.1) is 65.1 Å². The van der Waals surface area contributed by atoms with Gasteiger partial charge in [0.1, 0.15) is 0 Å². The molecule has 5 aliphatic rings. The maximum absolute atomic E-state index is 2.60. The molecule has 5 saturated carbocycles. The molecule has 0 aromatic rings. The van der Waals surface area contributed by atoms with Crippen LogP contribution >= 0.6 is 0 Å². The van der Waals surface area contributed by atoms with E-state index in [9.17, 15) is 0 Å². The van der Waals surface area contributed by atoms with Gasteiger partial charge in [0.25, 0.3) is 0 Å².